The minimum absolute atomic E-state index is 0.00573. The van der Waals surface area contributed by atoms with Crippen LogP contribution in [0, 0.1) is 0 Å². The molecule has 7 heteroatoms. The lowest BCUT2D eigenvalue weighted by Crippen LogP contribution is -2.53. The molecule has 19 heavy (non-hydrogen) atoms. The molecule has 0 aliphatic heterocycles. The van der Waals surface area contributed by atoms with Crippen LogP contribution < -0.4 is 16.6 Å². The van der Waals surface area contributed by atoms with Crippen LogP contribution >= 0.6 is 0 Å². The highest BCUT2D eigenvalue weighted by Gasteiger charge is 2.25. The Morgan fingerprint density at radius 3 is 2.00 bits per heavy atom. The second kappa shape index (κ2) is 6.72. The number of alkyl carbamates (subject to hydrolysis) is 1. The van der Waals surface area contributed by atoms with Crippen LogP contribution in [-0.2, 0) is 14.3 Å². The zero-order chi connectivity index (χ0) is 15.3. The third-order valence-corrected chi connectivity index (χ3v) is 1.83. The van der Waals surface area contributed by atoms with Crippen molar-refractivity contribution < 1.29 is 19.1 Å². The molecule has 0 fully saturated rings. The molecule has 0 heterocycles. The van der Waals surface area contributed by atoms with Gasteiger partial charge in [0.15, 0.2) is 0 Å². The van der Waals surface area contributed by atoms with Gasteiger partial charge in [0.1, 0.15) is 11.6 Å². The highest BCUT2D eigenvalue weighted by Crippen LogP contribution is 2.09. The average molecular weight is 275 g/mol. The number of hydrazine groups is 1. The lowest BCUT2D eigenvalue weighted by atomic mass is 10.2. The van der Waals surface area contributed by atoms with E-state index < -0.39 is 29.2 Å². The van der Waals surface area contributed by atoms with Gasteiger partial charge in [-0.15, -0.1) is 0 Å². The van der Waals surface area contributed by atoms with Crippen molar-refractivity contribution in [3.8, 4) is 0 Å². The van der Waals surface area contributed by atoms with Gasteiger partial charge in [-0.2, -0.15) is 0 Å². The third kappa shape index (κ3) is 9.26. The first-order chi connectivity index (χ1) is 8.44. The molecule has 0 aromatic heterocycles. The molecule has 0 radical (unpaired) electrons. The fraction of sp³-hybridized carbons (Fsp3) is 0.833. The summed E-state index contributed by atoms with van der Waals surface area (Å²) in [6, 6.07) is -0.904. The third-order valence-electron chi connectivity index (χ3n) is 1.83. The summed E-state index contributed by atoms with van der Waals surface area (Å²) in [7, 11) is 0. The second-order valence-electron chi connectivity index (χ2n) is 6.13. The lowest BCUT2D eigenvalue weighted by molar-refractivity contribution is -0.126. The van der Waals surface area contributed by atoms with Crippen molar-refractivity contribution >= 4 is 12.0 Å². The quantitative estimate of drug-likeness (QED) is 0.398. The van der Waals surface area contributed by atoms with Crippen LogP contribution in [0.4, 0.5) is 4.79 Å². The van der Waals surface area contributed by atoms with E-state index >= 15 is 0 Å². The zero-order valence-electron chi connectivity index (χ0n) is 12.5. The van der Waals surface area contributed by atoms with E-state index in [9.17, 15) is 9.59 Å². The van der Waals surface area contributed by atoms with Crippen LogP contribution in [-0.4, -0.2) is 35.9 Å². The monoisotopic (exact) mass is 275 g/mol. The van der Waals surface area contributed by atoms with E-state index in [0.29, 0.717) is 0 Å². The number of nitrogens with two attached hydrogens (primary N) is 1. The molecule has 0 spiro atoms. The largest absolute Gasteiger partial charge is 0.444 e. The summed E-state index contributed by atoms with van der Waals surface area (Å²) >= 11 is 0. The second-order valence-corrected chi connectivity index (χ2v) is 6.13. The van der Waals surface area contributed by atoms with E-state index in [0.717, 1.165) is 0 Å². The number of carbonyl (C=O) groups is 2. The normalized spacial score (nSPS) is 13.6. The van der Waals surface area contributed by atoms with Crippen molar-refractivity contribution in [1.82, 2.24) is 10.7 Å². The van der Waals surface area contributed by atoms with Crippen LogP contribution in [0.3, 0.4) is 0 Å². The molecule has 7 nitrogen and oxygen atoms in total. The molecule has 4 N–H and O–H groups in total. The maximum absolute atomic E-state index is 11.6. The number of hydrogen-bond donors (Lipinski definition) is 3. The highest BCUT2D eigenvalue weighted by atomic mass is 16.6. The summed E-state index contributed by atoms with van der Waals surface area (Å²) in [5.74, 6) is 4.52. The summed E-state index contributed by atoms with van der Waals surface area (Å²) < 4.78 is 10.5. The molecule has 0 bridgehead atoms. The van der Waals surface area contributed by atoms with Gasteiger partial charge in [-0.3, -0.25) is 10.2 Å². The molecule has 0 aliphatic carbocycles. The Kier molecular flexibility index (Phi) is 6.24. The van der Waals surface area contributed by atoms with E-state index in [4.69, 9.17) is 15.3 Å². The van der Waals surface area contributed by atoms with E-state index in [2.05, 4.69) is 5.32 Å². The van der Waals surface area contributed by atoms with Gasteiger partial charge in [0.05, 0.1) is 12.2 Å². The first-order valence-electron chi connectivity index (χ1n) is 6.08. The van der Waals surface area contributed by atoms with Crippen LogP contribution in [0.2, 0.25) is 0 Å². The van der Waals surface area contributed by atoms with Gasteiger partial charge in [-0.1, -0.05) is 0 Å². The molecule has 0 rings (SSSR count). The topological polar surface area (TPSA) is 103 Å². The maximum Gasteiger partial charge on any atom is 0.408 e. The van der Waals surface area contributed by atoms with Crippen molar-refractivity contribution in [1.29, 1.82) is 0 Å². The van der Waals surface area contributed by atoms with Gasteiger partial charge in [0.25, 0.3) is 5.91 Å². The molecule has 0 aromatic carbocycles. The molecule has 1 atom stereocenters. The summed E-state index contributed by atoms with van der Waals surface area (Å²) in [4.78, 5) is 23.1. The van der Waals surface area contributed by atoms with Crippen molar-refractivity contribution in [2.75, 3.05) is 6.61 Å². The molecule has 0 saturated heterocycles. The average Bonchev–Trinajstić information content (AvgIpc) is 2.19. The van der Waals surface area contributed by atoms with E-state index in [1.165, 1.54) is 0 Å². The van der Waals surface area contributed by atoms with Gasteiger partial charge < -0.3 is 14.8 Å². The Bertz CT molecular complexity index is 318. The SMILES string of the molecule is CC(C)(C)OC[C@H](NC(=O)OC(C)(C)C)C(=O)NN. The Morgan fingerprint density at radius 1 is 1.11 bits per heavy atom. The van der Waals surface area contributed by atoms with Gasteiger partial charge in [-0.05, 0) is 41.5 Å². The van der Waals surface area contributed by atoms with Gasteiger partial charge in [0, 0.05) is 0 Å². The van der Waals surface area contributed by atoms with Crippen molar-refractivity contribution in [3.05, 3.63) is 0 Å². The van der Waals surface area contributed by atoms with Gasteiger partial charge >= 0.3 is 6.09 Å². The van der Waals surface area contributed by atoms with Crippen molar-refractivity contribution in [3.63, 3.8) is 0 Å². The Morgan fingerprint density at radius 2 is 1.63 bits per heavy atom. The number of amides is 2. The summed E-state index contributed by atoms with van der Waals surface area (Å²) in [6.07, 6.45) is -0.696. The standard InChI is InChI=1S/C12H25N3O4/c1-11(2,3)18-7-8(9(16)15-13)14-10(17)19-12(4,5)6/h8H,7,13H2,1-6H3,(H,14,17)(H,15,16)/t8-/m0/s1. The summed E-state index contributed by atoms with van der Waals surface area (Å²) in [5, 5.41) is 2.42. The van der Waals surface area contributed by atoms with Crippen LogP contribution in [0.25, 0.3) is 0 Å². The first-order valence-corrected chi connectivity index (χ1v) is 6.08. The number of nitrogens with one attached hydrogen (secondary N) is 2. The minimum Gasteiger partial charge on any atom is -0.444 e. The number of hydrogen-bond acceptors (Lipinski definition) is 5. The Balaban J connectivity index is 4.52. The van der Waals surface area contributed by atoms with E-state index in [-0.39, 0.29) is 6.61 Å². The molecule has 2 amide bonds. The molecule has 0 aromatic rings. The van der Waals surface area contributed by atoms with Crippen LogP contribution in [0.15, 0.2) is 0 Å². The van der Waals surface area contributed by atoms with Crippen LogP contribution in [0.5, 0.6) is 0 Å². The molecular weight excluding hydrogens is 250 g/mol. The molecule has 0 saturated carbocycles. The van der Waals surface area contributed by atoms with Gasteiger partial charge in [-0.25, -0.2) is 10.6 Å². The molecule has 0 unspecified atom stereocenters. The van der Waals surface area contributed by atoms with Crippen molar-refractivity contribution in [2.45, 2.75) is 58.8 Å². The molecular formula is C12H25N3O4. The predicted octanol–water partition coefficient (Wildman–Crippen LogP) is 0.685. The summed E-state index contributed by atoms with van der Waals surface area (Å²) in [5.41, 5.74) is 0.912. The molecule has 112 valence electrons. The fourth-order valence-electron chi connectivity index (χ4n) is 1.07. The van der Waals surface area contributed by atoms with Crippen molar-refractivity contribution in [2.24, 2.45) is 5.84 Å². The Labute approximate surface area is 114 Å². The number of rotatable bonds is 4. The number of ether oxygens (including phenoxy) is 2. The maximum atomic E-state index is 11.6. The minimum atomic E-state index is -0.904. The van der Waals surface area contributed by atoms with E-state index in [1.807, 2.05) is 26.2 Å². The van der Waals surface area contributed by atoms with E-state index in [1.54, 1.807) is 20.8 Å². The molecule has 0 aliphatic rings. The lowest BCUT2D eigenvalue weighted by Gasteiger charge is -2.25. The highest BCUT2D eigenvalue weighted by molar-refractivity contribution is 5.85. The Hall–Kier alpha value is -1.34. The van der Waals surface area contributed by atoms with Crippen LogP contribution in [0.1, 0.15) is 41.5 Å². The zero-order valence-corrected chi connectivity index (χ0v) is 12.5. The number of carbonyl (C=O) groups excluding carboxylic acids is 2. The summed E-state index contributed by atoms with van der Waals surface area (Å²) in [6.45, 7) is 10.7. The first kappa shape index (κ1) is 17.7. The smallest absolute Gasteiger partial charge is 0.408 e. The predicted molar refractivity (Wildman–Crippen MR) is 71.2 cm³/mol. The fourth-order valence-corrected chi connectivity index (χ4v) is 1.07. The van der Waals surface area contributed by atoms with Gasteiger partial charge in [0.2, 0.25) is 0 Å².